The van der Waals surface area contributed by atoms with Crippen LogP contribution in [0.1, 0.15) is 43.5 Å². The van der Waals surface area contributed by atoms with Crippen molar-refractivity contribution in [2.24, 2.45) is 0 Å². The maximum absolute atomic E-state index is 5.53. The first kappa shape index (κ1) is 13.8. The molecule has 0 radical (unpaired) electrons. The first-order valence-electron chi connectivity index (χ1n) is 7.18. The summed E-state index contributed by atoms with van der Waals surface area (Å²) in [6, 6.07) is 0. The molecule has 0 saturated heterocycles. The van der Waals surface area contributed by atoms with Gasteiger partial charge in [-0.2, -0.15) is 0 Å². The minimum Gasteiger partial charge on any atom is -0.371 e. The average Bonchev–Trinajstić information content (AvgIpc) is 2.98. The molecule has 0 unspecified atom stereocenters. The van der Waals surface area contributed by atoms with Crippen LogP contribution in [0.5, 0.6) is 0 Å². The van der Waals surface area contributed by atoms with Crippen LogP contribution >= 0.6 is 11.3 Å². The van der Waals surface area contributed by atoms with Gasteiger partial charge in [0.05, 0.1) is 5.39 Å². The molecule has 0 aliphatic heterocycles. The standard InChI is InChI=1S/C15H21N3OS/c1-5-16-12-11-9-7-6-8-10(9)20-13(11)18-14(17-12)15(2,3)19-4/h5-8H2,1-4H3,(H,16,17,18). The van der Waals surface area contributed by atoms with Gasteiger partial charge in [0.15, 0.2) is 5.82 Å². The second-order valence-corrected chi connectivity index (χ2v) is 6.76. The largest absolute Gasteiger partial charge is 0.371 e. The Hall–Kier alpha value is -1.20. The third-order valence-corrected chi connectivity index (χ3v) is 5.14. The van der Waals surface area contributed by atoms with Gasteiger partial charge < -0.3 is 10.1 Å². The summed E-state index contributed by atoms with van der Waals surface area (Å²) in [6.07, 6.45) is 3.60. The first-order valence-corrected chi connectivity index (χ1v) is 8.00. The van der Waals surface area contributed by atoms with E-state index in [1.807, 2.05) is 25.2 Å². The number of thiophene rings is 1. The fraction of sp³-hybridized carbons (Fsp3) is 0.600. The molecule has 2 aromatic rings. The van der Waals surface area contributed by atoms with Crippen LogP contribution in [-0.4, -0.2) is 23.6 Å². The Morgan fingerprint density at radius 1 is 1.30 bits per heavy atom. The summed E-state index contributed by atoms with van der Waals surface area (Å²) in [5, 5.41) is 4.64. The third-order valence-electron chi connectivity index (χ3n) is 3.96. The molecular weight excluding hydrogens is 270 g/mol. The topological polar surface area (TPSA) is 47.0 Å². The maximum Gasteiger partial charge on any atom is 0.163 e. The number of nitrogens with one attached hydrogen (secondary N) is 1. The molecule has 20 heavy (non-hydrogen) atoms. The molecule has 0 bridgehead atoms. The van der Waals surface area contributed by atoms with E-state index in [4.69, 9.17) is 14.7 Å². The highest BCUT2D eigenvalue weighted by Crippen LogP contribution is 2.40. The van der Waals surface area contributed by atoms with Gasteiger partial charge in [-0.3, -0.25) is 0 Å². The van der Waals surface area contributed by atoms with E-state index < -0.39 is 5.60 Å². The van der Waals surface area contributed by atoms with Crippen LogP contribution in [-0.2, 0) is 23.2 Å². The maximum atomic E-state index is 5.53. The average molecular weight is 291 g/mol. The number of hydrogen-bond acceptors (Lipinski definition) is 5. The van der Waals surface area contributed by atoms with E-state index in [1.54, 1.807) is 7.11 Å². The Kier molecular flexibility index (Phi) is 3.42. The van der Waals surface area contributed by atoms with Gasteiger partial charge in [-0.1, -0.05) is 0 Å². The van der Waals surface area contributed by atoms with E-state index >= 15 is 0 Å². The van der Waals surface area contributed by atoms with Gasteiger partial charge in [-0.05, 0) is 45.6 Å². The zero-order chi connectivity index (χ0) is 14.3. The van der Waals surface area contributed by atoms with Gasteiger partial charge >= 0.3 is 0 Å². The molecule has 108 valence electrons. The minimum absolute atomic E-state index is 0.465. The molecule has 0 aromatic carbocycles. The van der Waals surface area contributed by atoms with E-state index in [2.05, 4.69) is 12.2 Å². The second kappa shape index (κ2) is 4.97. The van der Waals surface area contributed by atoms with Crippen molar-refractivity contribution in [3.8, 4) is 0 Å². The van der Waals surface area contributed by atoms with E-state index in [-0.39, 0.29) is 0 Å². The van der Waals surface area contributed by atoms with Crippen molar-refractivity contribution in [1.82, 2.24) is 9.97 Å². The lowest BCUT2D eigenvalue weighted by molar-refractivity contribution is 0.0119. The van der Waals surface area contributed by atoms with E-state index in [1.165, 1.54) is 28.7 Å². The van der Waals surface area contributed by atoms with Crippen molar-refractivity contribution >= 4 is 27.4 Å². The summed E-state index contributed by atoms with van der Waals surface area (Å²) >= 11 is 1.82. The Morgan fingerprint density at radius 2 is 2.10 bits per heavy atom. The zero-order valence-electron chi connectivity index (χ0n) is 12.5. The van der Waals surface area contributed by atoms with Gasteiger partial charge in [0.1, 0.15) is 16.2 Å². The Balaban J connectivity index is 2.23. The Bertz CT molecular complexity index is 648. The lowest BCUT2D eigenvalue weighted by Gasteiger charge is -2.22. The van der Waals surface area contributed by atoms with Crippen molar-refractivity contribution in [2.45, 2.75) is 45.6 Å². The smallest absolute Gasteiger partial charge is 0.163 e. The number of rotatable bonds is 4. The summed E-state index contributed by atoms with van der Waals surface area (Å²) in [4.78, 5) is 12.1. The van der Waals surface area contributed by atoms with Crippen LogP contribution in [0.25, 0.3) is 10.2 Å². The van der Waals surface area contributed by atoms with Gasteiger partial charge in [0.25, 0.3) is 0 Å². The highest BCUT2D eigenvalue weighted by molar-refractivity contribution is 7.19. The van der Waals surface area contributed by atoms with Crippen molar-refractivity contribution in [1.29, 1.82) is 0 Å². The number of methoxy groups -OCH3 is 1. The van der Waals surface area contributed by atoms with E-state index in [0.717, 1.165) is 29.4 Å². The molecule has 5 heteroatoms. The molecule has 2 heterocycles. The predicted octanol–water partition coefficient (Wildman–Crippen LogP) is 3.49. The Labute approximate surface area is 123 Å². The summed E-state index contributed by atoms with van der Waals surface area (Å²) in [7, 11) is 1.70. The van der Waals surface area contributed by atoms with Crippen molar-refractivity contribution in [2.75, 3.05) is 19.0 Å². The van der Waals surface area contributed by atoms with Gasteiger partial charge in [0, 0.05) is 18.5 Å². The van der Waals surface area contributed by atoms with E-state index in [9.17, 15) is 0 Å². The van der Waals surface area contributed by atoms with Gasteiger partial charge in [0.2, 0.25) is 0 Å². The lowest BCUT2D eigenvalue weighted by Crippen LogP contribution is -2.23. The molecular formula is C15H21N3OS. The number of ether oxygens (including phenoxy) is 1. The van der Waals surface area contributed by atoms with Crippen LogP contribution < -0.4 is 5.32 Å². The van der Waals surface area contributed by atoms with Crippen molar-refractivity contribution < 1.29 is 4.74 Å². The zero-order valence-corrected chi connectivity index (χ0v) is 13.4. The molecule has 1 aliphatic carbocycles. The predicted molar refractivity (Wildman–Crippen MR) is 83.6 cm³/mol. The van der Waals surface area contributed by atoms with Crippen molar-refractivity contribution in [3.63, 3.8) is 0 Å². The van der Waals surface area contributed by atoms with Crippen LogP contribution in [0.2, 0.25) is 0 Å². The monoisotopic (exact) mass is 291 g/mol. The molecule has 4 nitrogen and oxygen atoms in total. The molecule has 0 saturated carbocycles. The van der Waals surface area contributed by atoms with Crippen LogP contribution in [0.15, 0.2) is 0 Å². The molecule has 3 rings (SSSR count). The molecule has 1 aliphatic rings. The molecule has 0 spiro atoms. The Morgan fingerprint density at radius 3 is 2.80 bits per heavy atom. The lowest BCUT2D eigenvalue weighted by atomic mass is 10.1. The summed E-state index contributed by atoms with van der Waals surface area (Å²) in [5.74, 6) is 1.72. The summed E-state index contributed by atoms with van der Waals surface area (Å²) < 4.78 is 5.53. The summed E-state index contributed by atoms with van der Waals surface area (Å²) in [6.45, 7) is 6.97. The molecule has 1 N–H and O–H groups in total. The first-order chi connectivity index (χ1) is 9.56. The van der Waals surface area contributed by atoms with Crippen LogP contribution in [0.3, 0.4) is 0 Å². The molecule has 0 atom stereocenters. The fourth-order valence-electron chi connectivity index (χ4n) is 2.65. The fourth-order valence-corrected chi connectivity index (χ4v) is 3.91. The molecule has 2 aromatic heterocycles. The number of anilines is 1. The molecule has 0 fully saturated rings. The minimum atomic E-state index is -0.465. The van der Waals surface area contributed by atoms with Crippen LogP contribution in [0, 0.1) is 0 Å². The number of hydrogen-bond donors (Lipinski definition) is 1. The van der Waals surface area contributed by atoms with Crippen molar-refractivity contribution in [3.05, 3.63) is 16.3 Å². The third kappa shape index (κ3) is 2.09. The summed E-state index contributed by atoms with van der Waals surface area (Å²) in [5.41, 5.74) is 0.995. The number of aryl methyl sites for hydroxylation is 2. The van der Waals surface area contributed by atoms with Crippen LogP contribution in [0.4, 0.5) is 5.82 Å². The second-order valence-electron chi connectivity index (χ2n) is 5.68. The quantitative estimate of drug-likeness (QED) is 0.936. The highest BCUT2D eigenvalue weighted by Gasteiger charge is 2.28. The number of fused-ring (bicyclic) bond motifs is 3. The van der Waals surface area contributed by atoms with E-state index in [0.29, 0.717) is 0 Å². The number of nitrogens with zero attached hydrogens (tertiary/aromatic N) is 2. The SMILES string of the molecule is CCNc1nc(C(C)(C)OC)nc2sc3c(c12)CCC3. The van der Waals surface area contributed by atoms with Gasteiger partial charge in [-0.15, -0.1) is 11.3 Å². The number of aromatic nitrogens is 2. The van der Waals surface area contributed by atoms with Gasteiger partial charge in [-0.25, -0.2) is 9.97 Å². The normalized spacial score (nSPS) is 14.8. The molecule has 0 amide bonds. The highest BCUT2D eigenvalue weighted by atomic mass is 32.1.